The lowest BCUT2D eigenvalue weighted by Crippen LogP contribution is -2.49. The van der Waals surface area contributed by atoms with Gasteiger partial charge in [-0.25, -0.2) is 0 Å². The molecule has 0 aromatic heterocycles. The molecule has 2 heterocycles. The molecule has 2 aliphatic heterocycles. The summed E-state index contributed by atoms with van der Waals surface area (Å²) in [6.45, 7) is 6.68. The zero-order valence-corrected chi connectivity index (χ0v) is 15.3. The van der Waals surface area contributed by atoms with Crippen LogP contribution < -0.4 is 10.1 Å². The summed E-state index contributed by atoms with van der Waals surface area (Å²) < 4.78 is 5.71. The molecule has 4 heteroatoms. The Kier molecular flexibility index (Phi) is 4.86. The number of carbonyl (C=O) groups is 1. The minimum Gasteiger partial charge on any atom is -0.484 e. The Morgan fingerprint density at radius 1 is 1.17 bits per heavy atom. The number of rotatable bonds is 4. The van der Waals surface area contributed by atoms with Gasteiger partial charge < -0.3 is 15.0 Å². The van der Waals surface area contributed by atoms with Gasteiger partial charge in [0.15, 0.2) is 6.61 Å². The SMILES string of the molecule is CN(C(=O)COc1ccc(C(C)(C)C)cc1)C1CC2CCC(C1)N2. The summed E-state index contributed by atoms with van der Waals surface area (Å²) in [5, 5.41) is 3.62. The highest BCUT2D eigenvalue weighted by molar-refractivity contribution is 5.77. The van der Waals surface area contributed by atoms with E-state index in [-0.39, 0.29) is 17.9 Å². The van der Waals surface area contributed by atoms with Gasteiger partial charge in [0.1, 0.15) is 5.75 Å². The average molecular weight is 330 g/mol. The van der Waals surface area contributed by atoms with Crippen molar-refractivity contribution in [3.05, 3.63) is 29.8 Å². The van der Waals surface area contributed by atoms with Crippen LogP contribution in [0.4, 0.5) is 0 Å². The van der Waals surface area contributed by atoms with E-state index in [4.69, 9.17) is 4.74 Å². The van der Waals surface area contributed by atoms with Crippen molar-refractivity contribution >= 4 is 5.91 Å². The first-order chi connectivity index (χ1) is 11.3. The zero-order chi connectivity index (χ0) is 17.3. The van der Waals surface area contributed by atoms with Crippen LogP contribution in [-0.2, 0) is 10.2 Å². The second-order valence-electron chi connectivity index (χ2n) is 8.33. The van der Waals surface area contributed by atoms with Crippen LogP contribution in [0.3, 0.4) is 0 Å². The number of likely N-dealkylation sites (N-methyl/N-ethyl adjacent to an activating group) is 1. The van der Waals surface area contributed by atoms with Crippen molar-refractivity contribution in [2.24, 2.45) is 0 Å². The largest absolute Gasteiger partial charge is 0.484 e. The fourth-order valence-electron chi connectivity index (χ4n) is 3.85. The predicted octanol–water partition coefficient (Wildman–Crippen LogP) is 3.10. The Morgan fingerprint density at radius 2 is 1.75 bits per heavy atom. The van der Waals surface area contributed by atoms with Gasteiger partial charge in [-0.15, -0.1) is 0 Å². The number of hydrogen-bond acceptors (Lipinski definition) is 3. The van der Waals surface area contributed by atoms with Crippen LogP contribution in [0.2, 0.25) is 0 Å². The van der Waals surface area contributed by atoms with Crippen LogP contribution in [-0.4, -0.2) is 42.6 Å². The van der Waals surface area contributed by atoms with Crippen LogP contribution >= 0.6 is 0 Å². The molecule has 0 spiro atoms. The first kappa shape index (κ1) is 17.3. The maximum absolute atomic E-state index is 12.5. The van der Waals surface area contributed by atoms with Crippen molar-refractivity contribution in [1.82, 2.24) is 10.2 Å². The van der Waals surface area contributed by atoms with Crippen LogP contribution in [0.25, 0.3) is 0 Å². The molecule has 24 heavy (non-hydrogen) atoms. The number of piperidine rings is 1. The molecular weight excluding hydrogens is 300 g/mol. The van der Waals surface area contributed by atoms with E-state index in [1.807, 2.05) is 24.1 Å². The van der Waals surface area contributed by atoms with Crippen molar-refractivity contribution < 1.29 is 9.53 Å². The zero-order valence-electron chi connectivity index (χ0n) is 15.3. The number of fused-ring (bicyclic) bond motifs is 2. The van der Waals surface area contributed by atoms with Gasteiger partial charge in [-0.05, 0) is 48.8 Å². The lowest BCUT2D eigenvalue weighted by molar-refractivity contribution is -0.134. The number of nitrogens with one attached hydrogen (secondary N) is 1. The van der Waals surface area contributed by atoms with Gasteiger partial charge >= 0.3 is 0 Å². The fourth-order valence-corrected chi connectivity index (χ4v) is 3.85. The molecule has 2 fully saturated rings. The minimum atomic E-state index is 0.0706. The maximum Gasteiger partial charge on any atom is 0.260 e. The van der Waals surface area contributed by atoms with Gasteiger partial charge in [0, 0.05) is 25.2 Å². The van der Waals surface area contributed by atoms with E-state index in [1.165, 1.54) is 18.4 Å². The smallest absolute Gasteiger partial charge is 0.260 e. The molecule has 2 unspecified atom stereocenters. The molecular formula is C20H30N2O2. The summed E-state index contributed by atoms with van der Waals surface area (Å²) >= 11 is 0. The first-order valence-electron chi connectivity index (χ1n) is 9.08. The molecule has 4 nitrogen and oxygen atoms in total. The predicted molar refractivity (Wildman–Crippen MR) is 96.4 cm³/mol. The summed E-state index contributed by atoms with van der Waals surface area (Å²) in [7, 11) is 1.92. The summed E-state index contributed by atoms with van der Waals surface area (Å²) in [6.07, 6.45) is 4.64. The van der Waals surface area contributed by atoms with Gasteiger partial charge in [0.05, 0.1) is 0 Å². The molecule has 0 radical (unpaired) electrons. The summed E-state index contributed by atoms with van der Waals surface area (Å²) in [5.41, 5.74) is 1.40. The van der Waals surface area contributed by atoms with Crippen LogP contribution in [0.1, 0.15) is 52.0 Å². The molecule has 2 bridgehead atoms. The summed E-state index contributed by atoms with van der Waals surface area (Å²) in [4.78, 5) is 14.4. The van der Waals surface area contributed by atoms with Crippen molar-refractivity contribution in [3.63, 3.8) is 0 Å². The van der Waals surface area contributed by atoms with Crippen molar-refractivity contribution in [2.75, 3.05) is 13.7 Å². The highest BCUT2D eigenvalue weighted by atomic mass is 16.5. The standard InChI is InChI=1S/C20H30N2O2/c1-20(2,3)14-5-9-18(10-6-14)24-13-19(23)22(4)17-11-15-7-8-16(12-17)21-15/h5-6,9-10,15-17,21H,7-8,11-13H2,1-4H3. The Labute approximate surface area is 145 Å². The Hall–Kier alpha value is -1.55. The maximum atomic E-state index is 12.5. The van der Waals surface area contributed by atoms with E-state index >= 15 is 0 Å². The Bertz CT molecular complexity index is 564. The lowest BCUT2D eigenvalue weighted by atomic mass is 9.87. The second kappa shape index (κ2) is 6.75. The summed E-state index contributed by atoms with van der Waals surface area (Å²) in [5.74, 6) is 0.830. The molecule has 0 aliphatic carbocycles. The van der Waals surface area contributed by atoms with E-state index in [0.717, 1.165) is 18.6 Å². The number of benzene rings is 1. The van der Waals surface area contributed by atoms with Crippen molar-refractivity contribution in [3.8, 4) is 5.75 Å². The van der Waals surface area contributed by atoms with Gasteiger partial charge in [-0.3, -0.25) is 4.79 Å². The molecule has 132 valence electrons. The molecule has 1 amide bonds. The van der Waals surface area contributed by atoms with Gasteiger partial charge in [0.25, 0.3) is 5.91 Å². The highest BCUT2D eigenvalue weighted by Gasteiger charge is 2.36. The molecule has 1 aromatic carbocycles. The van der Waals surface area contributed by atoms with Gasteiger partial charge in [-0.2, -0.15) is 0 Å². The van der Waals surface area contributed by atoms with Crippen LogP contribution in [0, 0.1) is 0 Å². The topological polar surface area (TPSA) is 41.6 Å². The molecule has 2 saturated heterocycles. The second-order valence-corrected chi connectivity index (χ2v) is 8.33. The molecule has 1 aromatic rings. The van der Waals surface area contributed by atoms with Gasteiger partial charge in [-0.1, -0.05) is 32.9 Å². The summed E-state index contributed by atoms with van der Waals surface area (Å²) in [6, 6.07) is 9.60. The normalized spacial score (nSPS) is 26.2. The number of ether oxygens (including phenoxy) is 1. The third-order valence-corrected chi connectivity index (χ3v) is 5.47. The number of carbonyl (C=O) groups excluding carboxylic acids is 1. The Balaban J connectivity index is 1.51. The third-order valence-electron chi connectivity index (χ3n) is 5.47. The molecule has 3 rings (SSSR count). The minimum absolute atomic E-state index is 0.0706. The highest BCUT2D eigenvalue weighted by Crippen LogP contribution is 2.29. The molecule has 2 atom stereocenters. The van der Waals surface area contributed by atoms with E-state index in [0.29, 0.717) is 18.1 Å². The quantitative estimate of drug-likeness (QED) is 0.922. The third kappa shape index (κ3) is 3.92. The van der Waals surface area contributed by atoms with E-state index in [2.05, 4.69) is 38.2 Å². The average Bonchev–Trinajstić information content (AvgIpc) is 2.89. The van der Waals surface area contributed by atoms with E-state index < -0.39 is 0 Å². The molecule has 0 saturated carbocycles. The van der Waals surface area contributed by atoms with Crippen LogP contribution in [0.15, 0.2) is 24.3 Å². The number of amides is 1. The number of hydrogen-bond donors (Lipinski definition) is 1. The lowest BCUT2D eigenvalue weighted by Gasteiger charge is -2.35. The molecule has 2 aliphatic rings. The van der Waals surface area contributed by atoms with E-state index in [9.17, 15) is 4.79 Å². The number of nitrogens with zero attached hydrogens (tertiary/aromatic N) is 1. The van der Waals surface area contributed by atoms with Crippen molar-refractivity contribution in [2.45, 2.75) is 70.0 Å². The fraction of sp³-hybridized carbons (Fsp3) is 0.650. The van der Waals surface area contributed by atoms with E-state index in [1.54, 1.807) is 0 Å². The van der Waals surface area contributed by atoms with Gasteiger partial charge in [0.2, 0.25) is 0 Å². The first-order valence-corrected chi connectivity index (χ1v) is 9.08. The monoisotopic (exact) mass is 330 g/mol. The van der Waals surface area contributed by atoms with Crippen molar-refractivity contribution in [1.29, 1.82) is 0 Å². The Morgan fingerprint density at radius 3 is 2.29 bits per heavy atom. The molecule has 1 N–H and O–H groups in total. The van der Waals surface area contributed by atoms with Crippen LogP contribution in [0.5, 0.6) is 5.75 Å².